The fraction of sp³-hybridized carbons (Fsp3) is 0.625. The molecule has 1 atom stereocenters. The molecule has 1 aliphatic rings. The molecule has 1 aromatic rings. The summed E-state index contributed by atoms with van der Waals surface area (Å²) in [6, 6.07) is 3.26. The van der Waals surface area contributed by atoms with Crippen molar-refractivity contribution in [3.05, 3.63) is 33.6 Å². The molecule has 1 N–H and O–H groups in total. The Morgan fingerprint density at radius 1 is 1.13 bits per heavy atom. The Morgan fingerprint density at radius 3 is 2.35 bits per heavy atom. The summed E-state index contributed by atoms with van der Waals surface area (Å²) >= 11 is 12.3. The lowest BCUT2D eigenvalue weighted by Gasteiger charge is -2.36. The zero-order valence-corrected chi connectivity index (χ0v) is 16.4. The Kier molecular flexibility index (Phi) is 11.8. The molecule has 1 saturated heterocycles. The van der Waals surface area contributed by atoms with Crippen molar-refractivity contribution in [3.8, 4) is 0 Å². The number of hydrogen-bond acceptors (Lipinski definition) is 2. The summed E-state index contributed by atoms with van der Waals surface area (Å²) in [6.07, 6.45) is 4.31. The van der Waals surface area contributed by atoms with Crippen LogP contribution < -0.4 is 5.32 Å². The van der Waals surface area contributed by atoms with Crippen LogP contribution in [0.5, 0.6) is 0 Å². The number of nitrogens with one attached hydrogen (secondary N) is 1. The number of piperazine rings is 1. The number of benzene rings is 1. The molecule has 1 aromatic carbocycles. The molecule has 2 nitrogen and oxygen atoms in total. The number of unbranched alkanes of at least 4 members (excludes halogenated alkanes) is 2. The minimum atomic E-state index is -0.357. The Morgan fingerprint density at radius 2 is 1.74 bits per heavy atom. The van der Waals surface area contributed by atoms with Crippen molar-refractivity contribution in [1.29, 1.82) is 0 Å². The molecule has 0 radical (unpaired) electrons. The number of halogens is 5. The average Bonchev–Trinajstić information content (AvgIpc) is 2.51. The third kappa shape index (κ3) is 6.22. The maximum absolute atomic E-state index is 14.5. The standard InChI is InChI=1S/C16H23Cl2FN2.2ClH/c1-2-3-4-5-14(21-10-8-20-9-11-21)15-12(17)6-7-13(18)16(15)19;;/h6-7,14,20H,2-5,8-11H2,1H3;2*1H/t14-;;/m1../s1. The molecule has 134 valence electrons. The number of hydrogen-bond donors (Lipinski definition) is 1. The van der Waals surface area contributed by atoms with Gasteiger partial charge in [-0.1, -0.05) is 49.4 Å². The van der Waals surface area contributed by atoms with Crippen molar-refractivity contribution in [1.82, 2.24) is 10.2 Å². The smallest absolute Gasteiger partial charge is 0.148 e. The van der Waals surface area contributed by atoms with E-state index in [4.69, 9.17) is 23.2 Å². The lowest BCUT2D eigenvalue weighted by atomic mass is 9.97. The summed E-state index contributed by atoms with van der Waals surface area (Å²) in [5, 5.41) is 3.98. The first-order valence-electron chi connectivity index (χ1n) is 7.73. The summed E-state index contributed by atoms with van der Waals surface area (Å²) in [4.78, 5) is 2.33. The van der Waals surface area contributed by atoms with Gasteiger partial charge in [0, 0.05) is 42.8 Å². The molecular weight excluding hydrogens is 381 g/mol. The molecule has 2 rings (SSSR count). The van der Waals surface area contributed by atoms with Crippen LogP contribution >= 0.6 is 48.0 Å². The summed E-state index contributed by atoms with van der Waals surface area (Å²) < 4.78 is 14.5. The molecule has 0 aliphatic carbocycles. The van der Waals surface area contributed by atoms with E-state index in [0.29, 0.717) is 10.6 Å². The Bertz CT molecular complexity index is 468. The van der Waals surface area contributed by atoms with Crippen LogP contribution in [-0.2, 0) is 0 Å². The predicted molar refractivity (Wildman–Crippen MR) is 102 cm³/mol. The van der Waals surface area contributed by atoms with Gasteiger partial charge in [-0.3, -0.25) is 4.90 Å². The lowest BCUT2D eigenvalue weighted by molar-refractivity contribution is 0.159. The fourth-order valence-corrected chi connectivity index (χ4v) is 3.38. The number of rotatable bonds is 6. The topological polar surface area (TPSA) is 15.3 Å². The van der Waals surface area contributed by atoms with E-state index < -0.39 is 0 Å². The molecule has 0 bridgehead atoms. The zero-order chi connectivity index (χ0) is 15.2. The molecule has 0 spiro atoms. The van der Waals surface area contributed by atoms with E-state index >= 15 is 0 Å². The highest BCUT2D eigenvalue weighted by molar-refractivity contribution is 6.33. The highest BCUT2D eigenvalue weighted by Gasteiger charge is 2.27. The maximum atomic E-state index is 14.5. The minimum absolute atomic E-state index is 0. The molecule has 0 aromatic heterocycles. The summed E-state index contributed by atoms with van der Waals surface area (Å²) in [7, 11) is 0. The van der Waals surface area contributed by atoms with Crippen molar-refractivity contribution in [2.75, 3.05) is 26.2 Å². The van der Waals surface area contributed by atoms with Crippen LogP contribution in [0.3, 0.4) is 0 Å². The SMILES string of the molecule is CCCCC[C@H](c1c(Cl)ccc(Cl)c1F)N1CCNCC1.Cl.Cl. The first kappa shape index (κ1) is 23.2. The van der Waals surface area contributed by atoms with Crippen molar-refractivity contribution in [2.24, 2.45) is 0 Å². The van der Waals surface area contributed by atoms with E-state index in [0.717, 1.165) is 51.9 Å². The van der Waals surface area contributed by atoms with Gasteiger partial charge in [-0.2, -0.15) is 0 Å². The molecule has 1 heterocycles. The molecule has 23 heavy (non-hydrogen) atoms. The van der Waals surface area contributed by atoms with Crippen LogP contribution in [-0.4, -0.2) is 31.1 Å². The van der Waals surface area contributed by atoms with E-state index in [9.17, 15) is 4.39 Å². The van der Waals surface area contributed by atoms with Gasteiger partial charge in [0.15, 0.2) is 0 Å². The summed E-state index contributed by atoms with van der Waals surface area (Å²) in [5.41, 5.74) is 0.571. The van der Waals surface area contributed by atoms with Gasteiger partial charge in [-0.05, 0) is 18.6 Å². The molecule has 1 fully saturated rings. The second-order valence-electron chi connectivity index (χ2n) is 5.55. The number of nitrogens with zero attached hydrogens (tertiary/aromatic N) is 1. The van der Waals surface area contributed by atoms with Gasteiger partial charge in [-0.15, -0.1) is 24.8 Å². The quantitative estimate of drug-likeness (QED) is 0.496. The van der Waals surface area contributed by atoms with Gasteiger partial charge in [0.05, 0.1) is 5.02 Å². The van der Waals surface area contributed by atoms with Crippen molar-refractivity contribution in [3.63, 3.8) is 0 Å². The zero-order valence-electron chi connectivity index (χ0n) is 13.3. The van der Waals surface area contributed by atoms with Crippen molar-refractivity contribution < 1.29 is 4.39 Å². The largest absolute Gasteiger partial charge is 0.314 e. The van der Waals surface area contributed by atoms with Crippen LogP contribution in [0.2, 0.25) is 10.0 Å². The van der Waals surface area contributed by atoms with Crippen LogP contribution in [0.15, 0.2) is 12.1 Å². The van der Waals surface area contributed by atoms with E-state index in [2.05, 4.69) is 17.1 Å². The first-order chi connectivity index (χ1) is 10.1. The van der Waals surface area contributed by atoms with Crippen molar-refractivity contribution in [2.45, 2.75) is 38.6 Å². The van der Waals surface area contributed by atoms with Gasteiger partial charge >= 0.3 is 0 Å². The third-order valence-electron chi connectivity index (χ3n) is 4.09. The highest BCUT2D eigenvalue weighted by atomic mass is 35.5. The molecule has 1 aliphatic heterocycles. The van der Waals surface area contributed by atoms with Gasteiger partial charge in [0.1, 0.15) is 5.82 Å². The minimum Gasteiger partial charge on any atom is -0.314 e. The van der Waals surface area contributed by atoms with Crippen LogP contribution in [0, 0.1) is 5.82 Å². The third-order valence-corrected chi connectivity index (χ3v) is 4.71. The van der Waals surface area contributed by atoms with Gasteiger partial charge in [0.2, 0.25) is 0 Å². The second-order valence-corrected chi connectivity index (χ2v) is 6.37. The van der Waals surface area contributed by atoms with Crippen LogP contribution in [0.1, 0.15) is 44.2 Å². The molecule has 0 saturated carbocycles. The molecule has 7 heteroatoms. The van der Waals surface area contributed by atoms with Crippen LogP contribution in [0.4, 0.5) is 4.39 Å². The predicted octanol–water partition coefficient (Wildman–Crippen LogP) is 5.50. The first-order valence-corrected chi connectivity index (χ1v) is 8.49. The molecule has 0 amide bonds. The maximum Gasteiger partial charge on any atom is 0.148 e. The van der Waals surface area contributed by atoms with E-state index in [1.165, 1.54) is 6.07 Å². The van der Waals surface area contributed by atoms with Gasteiger partial charge < -0.3 is 5.32 Å². The van der Waals surface area contributed by atoms with E-state index in [1.54, 1.807) is 6.07 Å². The van der Waals surface area contributed by atoms with Crippen LogP contribution in [0.25, 0.3) is 0 Å². The van der Waals surface area contributed by atoms with Gasteiger partial charge in [-0.25, -0.2) is 4.39 Å². The summed E-state index contributed by atoms with van der Waals surface area (Å²) in [6.45, 7) is 5.87. The molecule has 0 unspecified atom stereocenters. The Balaban J connectivity index is 0.00000242. The summed E-state index contributed by atoms with van der Waals surface area (Å²) in [5.74, 6) is -0.357. The second kappa shape index (κ2) is 11.7. The van der Waals surface area contributed by atoms with E-state index in [1.807, 2.05) is 0 Å². The fourth-order valence-electron chi connectivity index (χ4n) is 2.94. The lowest BCUT2D eigenvalue weighted by Crippen LogP contribution is -2.45. The van der Waals surface area contributed by atoms with Gasteiger partial charge in [0.25, 0.3) is 0 Å². The monoisotopic (exact) mass is 404 g/mol. The average molecular weight is 406 g/mol. The normalized spacial score (nSPS) is 16.3. The Labute approximate surface area is 160 Å². The van der Waals surface area contributed by atoms with E-state index in [-0.39, 0.29) is 41.7 Å². The Hall–Kier alpha value is 0.230. The molecular formula is C16H25Cl4FN2. The van der Waals surface area contributed by atoms with Crippen molar-refractivity contribution >= 4 is 48.0 Å². The highest BCUT2D eigenvalue weighted by Crippen LogP contribution is 2.36.